The second-order valence-corrected chi connectivity index (χ2v) is 2.97. The van der Waals surface area contributed by atoms with Crippen molar-refractivity contribution in [3.8, 4) is 0 Å². The van der Waals surface area contributed by atoms with Gasteiger partial charge in [0.15, 0.2) is 0 Å². The molecule has 0 radical (unpaired) electrons. The minimum Gasteiger partial charge on any atom is -0.481 e. The highest BCUT2D eigenvalue weighted by atomic mass is 16.4. The van der Waals surface area contributed by atoms with Crippen molar-refractivity contribution in [3.05, 3.63) is 0 Å². The summed E-state index contributed by atoms with van der Waals surface area (Å²) < 4.78 is 43.3. The molecule has 0 saturated carbocycles. The van der Waals surface area contributed by atoms with Crippen molar-refractivity contribution in [2.45, 2.75) is 19.4 Å². The van der Waals surface area contributed by atoms with Gasteiger partial charge in [-0.3, -0.25) is 4.79 Å². The van der Waals surface area contributed by atoms with Crippen LogP contribution in [0, 0.1) is 0 Å². The van der Waals surface area contributed by atoms with Gasteiger partial charge in [-0.25, -0.2) is 0 Å². The van der Waals surface area contributed by atoms with Gasteiger partial charge in [-0.05, 0) is 6.85 Å². The van der Waals surface area contributed by atoms with Crippen molar-refractivity contribution in [2.24, 2.45) is 0 Å². The van der Waals surface area contributed by atoms with E-state index in [-0.39, 0.29) is 0 Å². The molecule has 0 aliphatic carbocycles. The second-order valence-electron chi connectivity index (χ2n) is 2.97. The molecular weight excluding hydrogens is 158 g/mol. The molecule has 0 bridgehead atoms. The molecule has 0 saturated heterocycles. The fraction of sp³-hybridized carbons (Fsp3) is 0.875. The van der Waals surface area contributed by atoms with Crippen LogP contribution < -0.4 is 0 Å². The first-order chi connectivity index (χ1) is 7.62. The number of rotatable bonds is 5. The molecule has 0 aromatic carbocycles. The highest BCUT2D eigenvalue weighted by Crippen LogP contribution is 2.01. The molecule has 0 aliphatic heterocycles. The summed E-state index contributed by atoms with van der Waals surface area (Å²) >= 11 is 0. The standard InChI is InChI=1S/C8H17NO3/c1-4-9(2,3)6-7(10)5-8(11)12/h7,10H,4-6H2,1-3H3/p+1/t7-/m1/s1/i1D3,6D2,7D. The van der Waals surface area contributed by atoms with Crippen LogP contribution in [0.1, 0.15) is 21.5 Å². The summed E-state index contributed by atoms with van der Waals surface area (Å²) in [5, 5.41) is 18.2. The maximum Gasteiger partial charge on any atom is 0.306 e. The smallest absolute Gasteiger partial charge is 0.306 e. The average Bonchev–Trinajstić information content (AvgIpc) is 1.95. The minimum atomic E-state index is -2.92. The van der Waals surface area contributed by atoms with E-state index in [0.717, 1.165) is 0 Å². The summed E-state index contributed by atoms with van der Waals surface area (Å²) in [5.74, 6) is -1.54. The third-order valence-corrected chi connectivity index (χ3v) is 1.15. The third-order valence-electron chi connectivity index (χ3n) is 1.15. The molecule has 0 spiro atoms. The Bertz CT molecular complexity index is 325. The maximum atomic E-state index is 10.5. The van der Waals surface area contributed by atoms with Crippen LogP contribution in [0.3, 0.4) is 0 Å². The van der Waals surface area contributed by atoms with Gasteiger partial charge in [0.05, 0.1) is 31.2 Å². The van der Waals surface area contributed by atoms with Gasteiger partial charge in [0.25, 0.3) is 0 Å². The van der Waals surface area contributed by atoms with Gasteiger partial charge in [-0.15, -0.1) is 0 Å². The molecule has 0 unspecified atom stereocenters. The molecule has 0 fully saturated rings. The van der Waals surface area contributed by atoms with Gasteiger partial charge in [0, 0.05) is 4.11 Å². The Kier molecular flexibility index (Phi) is 1.69. The van der Waals surface area contributed by atoms with Crippen LogP contribution in [0.2, 0.25) is 0 Å². The lowest BCUT2D eigenvalue weighted by Crippen LogP contribution is -2.45. The van der Waals surface area contributed by atoms with Gasteiger partial charge in [-0.2, -0.15) is 0 Å². The topological polar surface area (TPSA) is 57.5 Å². The Labute approximate surface area is 81.4 Å². The van der Waals surface area contributed by atoms with Gasteiger partial charge in [0.2, 0.25) is 0 Å². The van der Waals surface area contributed by atoms with Crippen LogP contribution in [-0.4, -0.2) is 53.9 Å². The molecule has 0 aromatic rings. The summed E-state index contributed by atoms with van der Waals surface area (Å²) in [6.45, 7) is -5.85. The van der Waals surface area contributed by atoms with E-state index < -0.39 is 42.8 Å². The Morgan fingerprint density at radius 3 is 2.83 bits per heavy atom. The van der Waals surface area contributed by atoms with Gasteiger partial charge in [-0.1, -0.05) is 0 Å². The van der Waals surface area contributed by atoms with Crippen LogP contribution in [0.15, 0.2) is 0 Å². The number of hydrogen-bond acceptors (Lipinski definition) is 2. The predicted molar refractivity (Wildman–Crippen MR) is 45.8 cm³/mol. The highest BCUT2D eigenvalue weighted by molar-refractivity contribution is 5.67. The molecule has 0 rings (SSSR count). The van der Waals surface area contributed by atoms with Crippen molar-refractivity contribution in [1.29, 1.82) is 0 Å². The molecule has 0 heterocycles. The van der Waals surface area contributed by atoms with Crippen LogP contribution in [-0.2, 0) is 4.79 Å². The zero-order valence-corrected chi connectivity index (χ0v) is 7.16. The van der Waals surface area contributed by atoms with E-state index in [2.05, 4.69) is 0 Å². The molecule has 0 amide bonds. The van der Waals surface area contributed by atoms with Crippen LogP contribution in [0.4, 0.5) is 0 Å². The summed E-state index contributed by atoms with van der Waals surface area (Å²) in [7, 11) is 2.38. The van der Waals surface area contributed by atoms with Crippen LogP contribution in [0.5, 0.6) is 0 Å². The Morgan fingerprint density at radius 2 is 2.42 bits per heavy atom. The second kappa shape index (κ2) is 4.42. The molecule has 1 atom stereocenters. The van der Waals surface area contributed by atoms with E-state index in [1.165, 1.54) is 14.1 Å². The number of aliphatic carboxylic acids is 1. The molecule has 72 valence electrons. The van der Waals surface area contributed by atoms with Crippen LogP contribution >= 0.6 is 0 Å². The molecule has 0 aliphatic rings. The fourth-order valence-electron chi connectivity index (χ4n) is 0.572. The van der Waals surface area contributed by atoms with Crippen LogP contribution in [0.25, 0.3) is 0 Å². The summed E-state index contributed by atoms with van der Waals surface area (Å²) in [4.78, 5) is 10.5. The van der Waals surface area contributed by atoms with Crippen molar-refractivity contribution in [2.75, 3.05) is 27.1 Å². The monoisotopic (exact) mass is 182 g/mol. The number of hydrogen-bond donors (Lipinski definition) is 2. The molecule has 4 heteroatoms. The molecule has 0 aromatic heterocycles. The van der Waals surface area contributed by atoms with Gasteiger partial charge < -0.3 is 14.7 Å². The zero-order valence-electron chi connectivity index (χ0n) is 13.2. The third kappa shape index (κ3) is 5.09. The number of carboxylic acids is 1. The lowest BCUT2D eigenvalue weighted by molar-refractivity contribution is -0.891. The first-order valence-electron chi connectivity index (χ1n) is 6.40. The maximum absolute atomic E-state index is 10.5. The number of aliphatic hydroxyl groups is 1. The van der Waals surface area contributed by atoms with Crippen molar-refractivity contribution >= 4 is 5.97 Å². The lowest BCUT2D eigenvalue weighted by atomic mass is 10.2. The Morgan fingerprint density at radius 1 is 1.83 bits per heavy atom. The molecular formula is C8H18NO3+. The van der Waals surface area contributed by atoms with E-state index in [1.807, 2.05) is 0 Å². The molecule has 4 nitrogen and oxygen atoms in total. The van der Waals surface area contributed by atoms with E-state index >= 15 is 0 Å². The first-order valence-corrected chi connectivity index (χ1v) is 3.40. The molecule has 12 heavy (non-hydrogen) atoms. The van der Waals surface area contributed by atoms with E-state index in [1.54, 1.807) is 0 Å². The predicted octanol–water partition coefficient (Wildman–Crippen LogP) is -0.0817. The first kappa shape index (κ1) is 4.58. The summed E-state index contributed by atoms with van der Waals surface area (Å²) in [6.07, 6.45) is -4.06. The number of nitrogens with zero attached hydrogens (tertiary/aromatic N) is 1. The quantitative estimate of drug-likeness (QED) is 0.585. The lowest BCUT2D eigenvalue weighted by Gasteiger charge is -2.29. The summed E-state index contributed by atoms with van der Waals surface area (Å²) in [5.41, 5.74) is 0. The van der Waals surface area contributed by atoms with Gasteiger partial charge >= 0.3 is 5.97 Å². The van der Waals surface area contributed by atoms with Gasteiger partial charge in [0.1, 0.15) is 12.6 Å². The number of likely N-dealkylation sites (N-methyl/N-ethyl adjacent to an activating group) is 1. The number of carbonyl (C=O) groups is 1. The number of quaternary nitrogens is 1. The van der Waals surface area contributed by atoms with E-state index in [9.17, 15) is 9.90 Å². The SMILES string of the molecule is [2H]C([2H])([2H])C[N+](C)(C)C([2H])([2H])[C@]([2H])(O)CC(=O)O. The average molecular weight is 182 g/mol. The Hall–Kier alpha value is -0.610. The largest absolute Gasteiger partial charge is 0.481 e. The van der Waals surface area contributed by atoms with Crippen molar-refractivity contribution in [3.63, 3.8) is 0 Å². The van der Waals surface area contributed by atoms with Crippen molar-refractivity contribution in [1.82, 2.24) is 0 Å². The minimum absolute atomic E-state index is 0.638. The highest BCUT2D eigenvalue weighted by Gasteiger charge is 2.20. The Balaban J connectivity index is 5.28. The number of carboxylic acid groups (broad SMARTS) is 1. The fourth-order valence-corrected chi connectivity index (χ4v) is 0.572. The normalized spacial score (nSPS) is 26.6. The van der Waals surface area contributed by atoms with E-state index in [0.29, 0.717) is 0 Å². The zero-order chi connectivity index (χ0) is 15.0. The summed E-state index contributed by atoms with van der Waals surface area (Å²) in [6, 6.07) is 0. The molecule has 2 N–H and O–H groups in total. The van der Waals surface area contributed by atoms with E-state index in [4.69, 9.17) is 13.3 Å². The van der Waals surface area contributed by atoms with Crippen molar-refractivity contribution < 1.29 is 27.7 Å².